The first-order chi connectivity index (χ1) is 13.9. The molecule has 0 bridgehead atoms. The maximum Gasteiger partial charge on any atom is 0.338 e. The van der Waals surface area contributed by atoms with E-state index < -0.39 is 5.97 Å². The standard InChI is InChI=1S/C22H23ClN2O4/c1-15(2)25(17-7-4-3-5-8-17)21(27)14-29-22(28)16-10-11-18(23)19(13-16)24-12-6-9-20(24)26/h3-5,7-8,10-11,13,15H,6,9,12,14H2,1-2H3. The van der Waals surface area contributed by atoms with Crippen molar-refractivity contribution in [2.75, 3.05) is 23.0 Å². The first-order valence-electron chi connectivity index (χ1n) is 9.52. The molecule has 1 heterocycles. The largest absolute Gasteiger partial charge is 0.452 e. The zero-order valence-electron chi connectivity index (χ0n) is 16.4. The summed E-state index contributed by atoms with van der Waals surface area (Å²) >= 11 is 6.21. The second-order valence-electron chi connectivity index (χ2n) is 7.08. The molecule has 29 heavy (non-hydrogen) atoms. The molecular weight excluding hydrogens is 392 g/mol. The van der Waals surface area contributed by atoms with Crippen LogP contribution in [-0.4, -0.2) is 37.0 Å². The Labute approximate surface area is 175 Å². The number of anilines is 2. The van der Waals surface area contributed by atoms with E-state index in [-0.39, 0.29) is 30.0 Å². The number of nitrogens with zero attached hydrogens (tertiary/aromatic N) is 2. The predicted octanol–water partition coefficient (Wildman–Crippen LogP) is 4.07. The predicted molar refractivity (Wildman–Crippen MR) is 112 cm³/mol. The normalized spacial score (nSPS) is 13.7. The van der Waals surface area contributed by atoms with Crippen LogP contribution in [0, 0.1) is 0 Å². The minimum atomic E-state index is -0.639. The van der Waals surface area contributed by atoms with Gasteiger partial charge in [0.15, 0.2) is 6.61 Å². The van der Waals surface area contributed by atoms with Gasteiger partial charge in [-0.15, -0.1) is 0 Å². The molecule has 0 saturated carbocycles. The minimum absolute atomic E-state index is 0.0250. The zero-order valence-corrected chi connectivity index (χ0v) is 17.2. The van der Waals surface area contributed by atoms with Gasteiger partial charge in [0.2, 0.25) is 5.91 Å². The summed E-state index contributed by atoms with van der Waals surface area (Å²) in [7, 11) is 0. The summed E-state index contributed by atoms with van der Waals surface area (Å²) in [5.41, 5.74) is 1.47. The van der Waals surface area contributed by atoms with Crippen LogP contribution in [-0.2, 0) is 14.3 Å². The van der Waals surface area contributed by atoms with Crippen molar-refractivity contribution in [1.82, 2.24) is 0 Å². The molecule has 1 aliphatic rings. The lowest BCUT2D eigenvalue weighted by molar-refractivity contribution is -0.122. The van der Waals surface area contributed by atoms with Gasteiger partial charge in [0.1, 0.15) is 0 Å². The molecule has 0 spiro atoms. The quantitative estimate of drug-likeness (QED) is 0.668. The maximum absolute atomic E-state index is 12.7. The summed E-state index contributed by atoms with van der Waals surface area (Å²) in [6, 6.07) is 13.8. The SMILES string of the molecule is CC(C)N(C(=O)COC(=O)c1ccc(Cl)c(N2CCCC2=O)c1)c1ccccc1. The number of esters is 1. The minimum Gasteiger partial charge on any atom is -0.452 e. The summed E-state index contributed by atoms with van der Waals surface area (Å²) in [4.78, 5) is 40.3. The average molecular weight is 415 g/mol. The van der Waals surface area contributed by atoms with Crippen molar-refractivity contribution in [3.8, 4) is 0 Å². The van der Waals surface area contributed by atoms with Gasteiger partial charge in [0.25, 0.3) is 5.91 Å². The summed E-state index contributed by atoms with van der Waals surface area (Å²) in [5.74, 6) is -0.980. The third-order valence-electron chi connectivity index (χ3n) is 4.69. The van der Waals surface area contributed by atoms with Crippen LogP contribution in [0.15, 0.2) is 48.5 Å². The highest BCUT2D eigenvalue weighted by molar-refractivity contribution is 6.34. The smallest absolute Gasteiger partial charge is 0.338 e. The molecule has 0 N–H and O–H groups in total. The van der Waals surface area contributed by atoms with Crippen molar-refractivity contribution in [3.63, 3.8) is 0 Å². The van der Waals surface area contributed by atoms with E-state index in [4.69, 9.17) is 16.3 Å². The molecule has 0 aromatic heterocycles. The van der Waals surface area contributed by atoms with Crippen molar-refractivity contribution in [1.29, 1.82) is 0 Å². The van der Waals surface area contributed by atoms with Crippen molar-refractivity contribution >= 4 is 40.8 Å². The van der Waals surface area contributed by atoms with Crippen LogP contribution in [0.4, 0.5) is 11.4 Å². The first kappa shape index (κ1) is 20.9. The Morgan fingerprint density at radius 3 is 2.52 bits per heavy atom. The molecule has 7 heteroatoms. The van der Waals surface area contributed by atoms with Crippen molar-refractivity contribution in [2.24, 2.45) is 0 Å². The summed E-state index contributed by atoms with van der Waals surface area (Å²) < 4.78 is 5.25. The number of rotatable bonds is 6. The topological polar surface area (TPSA) is 66.9 Å². The highest BCUT2D eigenvalue weighted by atomic mass is 35.5. The molecule has 0 atom stereocenters. The monoisotopic (exact) mass is 414 g/mol. The van der Waals surface area contributed by atoms with E-state index in [1.807, 2.05) is 44.2 Å². The molecule has 2 amide bonds. The van der Waals surface area contributed by atoms with E-state index in [1.165, 1.54) is 12.1 Å². The summed E-state index contributed by atoms with van der Waals surface area (Å²) in [6.07, 6.45) is 1.22. The fourth-order valence-electron chi connectivity index (χ4n) is 3.35. The van der Waals surface area contributed by atoms with Gasteiger partial charge in [-0.2, -0.15) is 0 Å². The lowest BCUT2D eigenvalue weighted by Crippen LogP contribution is -2.39. The van der Waals surface area contributed by atoms with Crippen LogP contribution in [0.3, 0.4) is 0 Å². The lowest BCUT2D eigenvalue weighted by Gasteiger charge is -2.26. The molecule has 152 valence electrons. The van der Waals surface area contributed by atoms with Crippen LogP contribution in [0.2, 0.25) is 5.02 Å². The van der Waals surface area contributed by atoms with E-state index in [9.17, 15) is 14.4 Å². The van der Waals surface area contributed by atoms with Crippen LogP contribution >= 0.6 is 11.6 Å². The Morgan fingerprint density at radius 2 is 1.90 bits per heavy atom. The number of carbonyl (C=O) groups is 3. The number of halogens is 1. The number of hydrogen-bond acceptors (Lipinski definition) is 4. The summed E-state index contributed by atoms with van der Waals surface area (Å²) in [6.45, 7) is 3.97. The van der Waals surface area contributed by atoms with E-state index >= 15 is 0 Å². The van der Waals surface area contributed by atoms with Crippen molar-refractivity contribution in [2.45, 2.75) is 32.7 Å². The third kappa shape index (κ3) is 4.77. The van der Waals surface area contributed by atoms with Crippen molar-refractivity contribution in [3.05, 3.63) is 59.1 Å². The molecule has 0 aliphatic carbocycles. The molecule has 1 fully saturated rings. The van der Waals surface area contributed by atoms with Gasteiger partial charge in [0.05, 0.1) is 16.3 Å². The molecule has 1 saturated heterocycles. The maximum atomic E-state index is 12.7. The molecule has 0 radical (unpaired) electrons. The fraction of sp³-hybridized carbons (Fsp3) is 0.318. The highest BCUT2D eigenvalue weighted by Gasteiger charge is 2.25. The van der Waals surface area contributed by atoms with Gasteiger partial charge < -0.3 is 14.5 Å². The molecule has 0 unspecified atom stereocenters. The van der Waals surface area contributed by atoms with Gasteiger partial charge >= 0.3 is 5.97 Å². The Bertz CT molecular complexity index is 914. The van der Waals surface area contributed by atoms with Crippen LogP contribution < -0.4 is 9.80 Å². The number of amides is 2. The number of carbonyl (C=O) groups excluding carboxylic acids is 3. The Balaban J connectivity index is 1.70. The van der Waals surface area contributed by atoms with E-state index in [2.05, 4.69) is 0 Å². The van der Waals surface area contributed by atoms with E-state index in [0.29, 0.717) is 23.7 Å². The van der Waals surface area contributed by atoms with Crippen LogP contribution in [0.1, 0.15) is 37.0 Å². The summed E-state index contributed by atoms with van der Waals surface area (Å²) in [5, 5.41) is 0.392. The number of para-hydroxylation sites is 1. The molecular formula is C22H23ClN2O4. The fourth-order valence-corrected chi connectivity index (χ4v) is 3.57. The molecule has 2 aromatic rings. The Hall–Kier alpha value is -2.86. The highest BCUT2D eigenvalue weighted by Crippen LogP contribution is 2.30. The molecule has 2 aromatic carbocycles. The Kier molecular flexibility index (Phi) is 6.54. The second kappa shape index (κ2) is 9.09. The third-order valence-corrected chi connectivity index (χ3v) is 5.01. The number of ether oxygens (including phenoxy) is 1. The van der Waals surface area contributed by atoms with Gasteiger partial charge in [-0.25, -0.2) is 4.79 Å². The Morgan fingerprint density at radius 1 is 1.17 bits per heavy atom. The van der Waals surface area contributed by atoms with Gasteiger partial charge in [-0.05, 0) is 50.6 Å². The molecule has 3 rings (SSSR count). The molecule has 6 nitrogen and oxygen atoms in total. The van der Waals surface area contributed by atoms with Gasteiger partial charge in [0, 0.05) is 24.7 Å². The first-order valence-corrected chi connectivity index (χ1v) is 9.90. The van der Waals surface area contributed by atoms with Crippen molar-refractivity contribution < 1.29 is 19.1 Å². The van der Waals surface area contributed by atoms with E-state index in [1.54, 1.807) is 15.9 Å². The zero-order chi connectivity index (χ0) is 21.0. The van der Waals surface area contributed by atoms with Gasteiger partial charge in [-0.3, -0.25) is 9.59 Å². The van der Waals surface area contributed by atoms with Gasteiger partial charge in [-0.1, -0.05) is 29.8 Å². The second-order valence-corrected chi connectivity index (χ2v) is 7.49. The van der Waals surface area contributed by atoms with Crippen LogP contribution in [0.5, 0.6) is 0 Å². The molecule has 1 aliphatic heterocycles. The average Bonchev–Trinajstić information content (AvgIpc) is 3.13. The number of hydrogen-bond donors (Lipinski definition) is 0. The lowest BCUT2D eigenvalue weighted by atomic mass is 10.2. The van der Waals surface area contributed by atoms with E-state index in [0.717, 1.165) is 12.1 Å². The number of benzene rings is 2. The van der Waals surface area contributed by atoms with Crippen LogP contribution in [0.25, 0.3) is 0 Å².